The second-order valence-electron chi connectivity index (χ2n) is 5.10. The van der Waals surface area contributed by atoms with Gasteiger partial charge < -0.3 is 11.1 Å². The number of halogens is 1. The van der Waals surface area contributed by atoms with E-state index in [0.717, 1.165) is 13.0 Å². The Hall–Kier alpha value is -1.07. The van der Waals surface area contributed by atoms with Crippen LogP contribution in [0.4, 0.5) is 0 Å². The Kier molecular flexibility index (Phi) is 7.02. The molecule has 2 aromatic rings. The predicted octanol–water partition coefficient (Wildman–Crippen LogP) is 3.93. The van der Waals surface area contributed by atoms with Crippen molar-refractivity contribution in [1.29, 1.82) is 0 Å². The molecule has 2 rings (SSSR count). The van der Waals surface area contributed by atoms with Crippen LogP contribution in [0.1, 0.15) is 25.8 Å². The highest BCUT2D eigenvalue weighted by Crippen LogP contribution is 2.21. The maximum Gasteiger partial charge on any atom is 0.188 e. The average Bonchev–Trinajstić information content (AvgIpc) is 2.83. The number of aliphatic imine (C=N–C) groups is 1. The van der Waals surface area contributed by atoms with Crippen molar-refractivity contribution in [3.8, 4) is 0 Å². The summed E-state index contributed by atoms with van der Waals surface area (Å²) in [7, 11) is 0. The van der Waals surface area contributed by atoms with Gasteiger partial charge in [0.1, 0.15) is 0 Å². The van der Waals surface area contributed by atoms with Crippen molar-refractivity contribution in [3.05, 3.63) is 35.2 Å². The third kappa shape index (κ3) is 5.13. The van der Waals surface area contributed by atoms with Gasteiger partial charge in [-0.2, -0.15) is 0 Å². The fraction of sp³-hybridized carbons (Fsp3) is 0.400. The van der Waals surface area contributed by atoms with Crippen molar-refractivity contribution in [2.45, 2.75) is 26.8 Å². The first-order chi connectivity index (χ1) is 9.15. The minimum Gasteiger partial charge on any atom is -0.370 e. The lowest BCUT2D eigenvalue weighted by molar-refractivity contribution is 0.576. The summed E-state index contributed by atoms with van der Waals surface area (Å²) < 4.78 is 1.32. The van der Waals surface area contributed by atoms with Gasteiger partial charge in [-0.1, -0.05) is 19.9 Å². The van der Waals surface area contributed by atoms with E-state index in [4.69, 9.17) is 5.73 Å². The summed E-state index contributed by atoms with van der Waals surface area (Å²) in [6, 6.07) is 8.57. The summed E-state index contributed by atoms with van der Waals surface area (Å²) in [5.74, 6) is 1.22. The zero-order chi connectivity index (χ0) is 13.7. The third-order valence-electron chi connectivity index (χ3n) is 2.98. The standard InChI is InChI=1S/C15H21N3S.BrH/c1-11(2)5-7-17-15(16)18-10-12-3-4-14-13(9-12)6-8-19-14;/h3-4,6,8-9,11H,5,7,10H2,1-2H3,(H3,16,17,18);1H. The maximum atomic E-state index is 5.84. The third-order valence-corrected chi connectivity index (χ3v) is 3.87. The van der Waals surface area contributed by atoms with Crippen LogP contribution in [0.3, 0.4) is 0 Å². The van der Waals surface area contributed by atoms with E-state index in [9.17, 15) is 0 Å². The van der Waals surface area contributed by atoms with E-state index in [-0.39, 0.29) is 17.0 Å². The molecule has 0 spiro atoms. The minimum absolute atomic E-state index is 0. The Morgan fingerprint density at radius 2 is 2.15 bits per heavy atom. The van der Waals surface area contributed by atoms with Gasteiger partial charge in [0.2, 0.25) is 0 Å². The number of hydrogen-bond acceptors (Lipinski definition) is 2. The van der Waals surface area contributed by atoms with Crippen molar-refractivity contribution in [2.75, 3.05) is 6.54 Å². The van der Waals surface area contributed by atoms with E-state index in [0.29, 0.717) is 18.4 Å². The summed E-state index contributed by atoms with van der Waals surface area (Å²) in [5.41, 5.74) is 7.04. The first-order valence-electron chi connectivity index (χ1n) is 6.65. The molecule has 0 aliphatic rings. The first-order valence-corrected chi connectivity index (χ1v) is 7.53. The molecule has 5 heteroatoms. The summed E-state index contributed by atoms with van der Waals surface area (Å²) >= 11 is 1.76. The Bertz CT molecular complexity index is 563. The number of fused-ring (bicyclic) bond motifs is 1. The van der Waals surface area contributed by atoms with Gasteiger partial charge >= 0.3 is 0 Å². The Morgan fingerprint density at radius 1 is 1.35 bits per heavy atom. The molecule has 1 aromatic heterocycles. The molecular weight excluding hydrogens is 334 g/mol. The lowest BCUT2D eigenvalue weighted by Crippen LogP contribution is -2.32. The predicted molar refractivity (Wildman–Crippen MR) is 94.9 cm³/mol. The van der Waals surface area contributed by atoms with Crippen LogP contribution in [-0.2, 0) is 6.54 Å². The van der Waals surface area contributed by atoms with Gasteiger partial charge in [0.25, 0.3) is 0 Å². The largest absolute Gasteiger partial charge is 0.370 e. The van der Waals surface area contributed by atoms with Gasteiger partial charge in [-0.15, -0.1) is 28.3 Å². The molecular formula is C15H22BrN3S. The topological polar surface area (TPSA) is 50.4 Å². The van der Waals surface area contributed by atoms with E-state index in [1.165, 1.54) is 15.6 Å². The molecule has 0 unspecified atom stereocenters. The highest BCUT2D eigenvalue weighted by molar-refractivity contribution is 8.93. The summed E-state index contributed by atoms with van der Waals surface area (Å²) in [5, 5.41) is 6.54. The molecule has 110 valence electrons. The second-order valence-corrected chi connectivity index (χ2v) is 6.05. The molecule has 20 heavy (non-hydrogen) atoms. The number of rotatable bonds is 5. The molecule has 3 nitrogen and oxygen atoms in total. The lowest BCUT2D eigenvalue weighted by atomic mass is 10.1. The number of nitrogens with zero attached hydrogens (tertiary/aromatic N) is 1. The van der Waals surface area contributed by atoms with Crippen LogP contribution < -0.4 is 11.1 Å². The number of nitrogens with one attached hydrogen (secondary N) is 1. The molecule has 0 saturated carbocycles. The second kappa shape index (κ2) is 8.27. The van der Waals surface area contributed by atoms with Crippen LogP contribution in [-0.4, -0.2) is 12.5 Å². The summed E-state index contributed by atoms with van der Waals surface area (Å²) in [6.07, 6.45) is 1.11. The van der Waals surface area contributed by atoms with E-state index in [1.807, 2.05) is 0 Å². The minimum atomic E-state index is 0. The summed E-state index contributed by atoms with van der Waals surface area (Å²) in [4.78, 5) is 4.37. The molecule has 0 radical (unpaired) electrons. The smallest absolute Gasteiger partial charge is 0.188 e. The van der Waals surface area contributed by atoms with Crippen LogP contribution in [0.5, 0.6) is 0 Å². The van der Waals surface area contributed by atoms with Crippen molar-refractivity contribution in [2.24, 2.45) is 16.6 Å². The number of benzene rings is 1. The number of hydrogen-bond donors (Lipinski definition) is 2. The van der Waals surface area contributed by atoms with Crippen molar-refractivity contribution in [1.82, 2.24) is 5.32 Å². The van der Waals surface area contributed by atoms with Gasteiger partial charge in [0.05, 0.1) is 6.54 Å². The molecule has 0 aliphatic heterocycles. The number of guanidine groups is 1. The Labute approximate surface area is 135 Å². The zero-order valence-electron chi connectivity index (χ0n) is 11.9. The molecule has 0 saturated heterocycles. The Balaban J connectivity index is 0.00000200. The van der Waals surface area contributed by atoms with Gasteiger partial charge in [0.15, 0.2) is 5.96 Å². The fourth-order valence-electron chi connectivity index (χ4n) is 1.84. The molecule has 0 bridgehead atoms. The molecule has 0 amide bonds. The van der Waals surface area contributed by atoms with E-state index in [2.05, 4.69) is 53.8 Å². The van der Waals surface area contributed by atoms with E-state index < -0.39 is 0 Å². The molecule has 1 aromatic carbocycles. The number of thiophene rings is 1. The molecule has 0 fully saturated rings. The molecule has 1 heterocycles. The Morgan fingerprint density at radius 3 is 2.90 bits per heavy atom. The highest BCUT2D eigenvalue weighted by Gasteiger charge is 1.98. The molecule has 0 atom stereocenters. The van der Waals surface area contributed by atoms with Crippen LogP contribution in [0.15, 0.2) is 34.6 Å². The quantitative estimate of drug-likeness (QED) is 0.630. The average molecular weight is 356 g/mol. The SMILES string of the molecule is Br.CC(C)CCNC(N)=NCc1ccc2sccc2c1. The van der Waals surface area contributed by atoms with Crippen molar-refractivity contribution in [3.63, 3.8) is 0 Å². The van der Waals surface area contributed by atoms with Gasteiger partial charge in [-0.3, -0.25) is 0 Å². The van der Waals surface area contributed by atoms with E-state index in [1.54, 1.807) is 11.3 Å². The van der Waals surface area contributed by atoms with Crippen molar-refractivity contribution >= 4 is 44.4 Å². The zero-order valence-corrected chi connectivity index (χ0v) is 14.5. The van der Waals surface area contributed by atoms with Crippen LogP contribution in [0.2, 0.25) is 0 Å². The highest BCUT2D eigenvalue weighted by atomic mass is 79.9. The van der Waals surface area contributed by atoms with Gasteiger partial charge in [-0.05, 0) is 46.9 Å². The van der Waals surface area contributed by atoms with Crippen LogP contribution >= 0.6 is 28.3 Å². The molecule has 3 N–H and O–H groups in total. The molecule has 0 aliphatic carbocycles. The summed E-state index contributed by atoms with van der Waals surface area (Å²) in [6.45, 7) is 5.92. The normalized spacial score (nSPS) is 11.7. The lowest BCUT2D eigenvalue weighted by Gasteiger charge is -2.07. The first kappa shape index (κ1) is 17.0. The van der Waals surface area contributed by atoms with Crippen LogP contribution in [0.25, 0.3) is 10.1 Å². The van der Waals surface area contributed by atoms with E-state index >= 15 is 0 Å². The van der Waals surface area contributed by atoms with Crippen LogP contribution in [0, 0.1) is 5.92 Å². The number of nitrogens with two attached hydrogens (primary N) is 1. The van der Waals surface area contributed by atoms with Crippen molar-refractivity contribution < 1.29 is 0 Å². The maximum absolute atomic E-state index is 5.84. The fourth-order valence-corrected chi connectivity index (χ4v) is 2.61. The van der Waals surface area contributed by atoms with Gasteiger partial charge in [0, 0.05) is 11.2 Å². The monoisotopic (exact) mass is 355 g/mol. The van der Waals surface area contributed by atoms with Gasteiger partial charge in [-0.25, -0.2) is 4.99 Å².